The molecule has 0 radical (unpaired) electrons. The molecule has 3 aliphatic heterocycles. The first-order valence-corrected chi connectivity index (χ1v) is 19.4. The Hall–Kier alpha value is -2.55. The molecular formula is C40H64O13. The summed E-state index contributed by atoms with van der Waals surface area (Å²) < 4.78 is 29.0. The van der Waals surface area contributed by atoms with Crippen LogP contribution in [0.25, 0.3) is 0 Å². The van der Waals surface area contributed by atoms with Crippen LogP contribution in [0.4, 0.5) is 0 Å². The van der Waals surface area contributed by atoms with Crippen LogP contribution < -0.4 is 0 Å². The molecule has 0 bridgehead atoms. The zero-order valence-corrected chi connectivity index (χ0v) is 33.1. The smallest absolute Gasteiger partial charge is 0.345 e. The molecule has 0 aromatic heterocycles. The first-order chi connectivity index (χ1) is 24.8. The van der Waals surface area contributed by atoms with Gasteiger partial charge in [0.05, 0.1) is 42.5 Å². The molecule has 13 heteroatoms. The maximum Gasteiger partial charge on any atom is 0.345 e. The lowest BCUT2D eigenvalue weighted by molar-refractivity contribution is -0.338. The second kappa shape index (κ2) is 19.9. The number of carbonyl (C=O) groups is 5. The van der Waals surface area contributed by atoms with Crippen molar-refractivity contribution in [1.29, 1.82) is 0 Å². The highest BCUT2D eigenvalue weighted by molar-refractivity contribution is 6.12. The van der Waals surface area contributed by atoms with E-state index >= 15 is 0 Å². The predicted octanol–water partition coefficient (Wildman–Crippen LogP) is 4.40. The first kappa shape index (κ1) is 44.8. The van der Waals surface area contributed by atoms with Gasteiger partial charge in [0.25, 0.3) is 0 Å². The molecule has 3 heterocycles. The molecule has 3 N–H and O–H groups in total. The number of hydrogen-bond acceptors (Lipinski definition) is 13. The summed E-state index contributed by atoms with van der Waals surface area (Å²) in [6, 6.07) is 0. The highest BCUT2D eigenvalue weighted by Gasteiger charge is 2.48. The van der Waals surface area contributed by atoms with Crippen LogP contribution in [0.3, 0.4) is 0 Å². The quantitative estimate of drug-likeness (QED) is 0.0902. The number of cyclic esters (lactones) is 2. The van der Waals surface area contributed by atoms with Gasteiger partial charge in [-0.15, -0.1) is 0 Å². The van der Waals surface area contributed by atoms with E-state index in [1.165, 1.54) is 14.0 Å². The normalized spacial score (nSPS) is 29.6. The van der Waals surface area contributed by atoms with E-state index in [2.05, 4.69) is 25.5 Å². The zero-order chi connectivity index (χ0) is 39.8. The average Bonchev–Trinajstić information content (AvgIpc) is 3.37. The van der Waals surface area contributed by atoms with Crippen molar-refractivity contribution < 1.29 is 63.0 Å². The number of methoxy groups -OCH3 is 1. The zero-order valence-electron chi connectivity index (χ0n) is 33.1. The van der Waals surface area contributed by atoms with Gasteiger partial charge >= 0.3 is 17.9 Å². The van der Waals surface area contributed by atoms with Crippen LogP contribution in [0.2, 0.25) is 0 Å². The van der Waals surface area contributed by atoms with E-state index in [1.54, 1.807) is 20.8 Å². The molecule has 3 aliphatic rings. The lowest BCUT2D eigenvalue weighted by atomic mass is 9.79. The summed E-state index contributed by atoms with van der Waals surface area (Å²) in [4.78, 5) is 60.9. The van der Waals surface area contributed by atoms with Crippen molar-refractivity contribution in [2.45, 2.75) is 168 Å². The summed E-state index contributed by atoms with van der Waals surface area (Å²) in [5.74, 6) is -4.26. The van der Waals surface area contributed by atoms with Crippen LogP contribution in [0.5, 0.6) is 0 Å². The van der Waals surface area contributed by atoms with E-state index in [0.29, 0.717) is 24.7 Å². The van der Waals surface area contributed by atoms with Gasteiger partial charge in [-0.2, -0.15) is 0 Å². The molecule has 0 aromatic carbocycles. The van der Waals surface area contributed by atoms with Crippen LogP contribution in [-0.2, 0) is 47.7 Å². The number of Topliss-reactive ketones (excluding diaryl/α,β-unsaturated/α-hetero) is 1. The van der Waals surface area contributed by atoms with Gasteiger partial charge in [-0.05, 0) is 69.1 Å². The summed E-state index contributed by atoms with van der Waals surface area (Å²) in [7, 11) is 1.32. The van der Waals surface area contributed by atoms with Crippen LogP contribution in [-0.4, -0.2) is 101 Å². The molecule has 0 unspecified atom stereocenters. The second-order valence-electron chi connectivity index (χ2n) is 16.4. The molecule has 2 saturated heterocycles. The van der Waals surface area contributed by atoms with Crippen LogP contribution in [0.1, 0.15) is 120 Å². The largest absolute Gasteiger partial charge is 0.459 e. The minimum Gasteiger partial charge on any atom is -0.459 e. The van der Waals surface area contributed by atoms with Gasteiger partial charge in [-0.25, -0.2) is 9.59 Å². The summed E-state index contributed by atoms with van der Waals surface area (Å²) in [6.07, 6.45) is -0.0299. The van der Waals surface area contributed by atoms with E-state index in [4.69, 9.17) is 18.9 Å². The SMILES string of the molecule is CO[C@@H]([C@H](O)CC(=O)[C@@H](C)[C@@H](O)CC[C@@H](C)[C@@H]1O[C@]2(CC[C@@H](C)[C@H](CC[C@H](C)C=O)O2)CC[C@@H]1C)[C@H](OC(=O)C[C@@H](O)C1=C(C)C(=O)OC1=O)C(C)C. The fraction of sp³-hybridized carbons (Fsp3) is 0.825. The van der Waals surface area contributed by atoms with Crippen molar-refractivity contribution >= 4 is 30.0 Å². The molecule has 3 rings (SSSR count). The Morgan fingerprint density at radius 2 is 1.53 bits per heavy atom. The Morgan fingerprint density at radius 3 is 2.09 bits per heavy atom. The van der Waals surface area contributed by atoms with Gasteiger partial charge in [-0.3, -0.25) is 9.59 Å². The van der Waals surface area contributed by atoms with Gasteiger partial charge in [0.15, 0.2) is 5.79 Å². The van der Waals surface area contributed by atoms with Crippen molar-refractivity contribution in [3.63, 3.8) is 0 Å². The molecule has 1 spiro atoms. The molecule has 0 aromatic rings. The minimum absolute atomic E-state index is 0.00716. The van der Waals surface area contributed by atoms with E-state index in [-0.39, 0.29) is 53.3 Å². The Morgan fingerprint density at radius 1 is 0.887 bits per heavy atom. The molecule has 53 heavy (non-hydrogen) atoms. The van der Waals surface area contributed by atoms with Crippen LogP contribution >= 0.6 is 0 Å². The number of aldehydes is 1. The van der Waals surface area contributed by atoms with Gasteiger partial charge < -0.3 is 43.8 Å². The number of aliphatic hydroxyl groups excluding tert-OH is 3. The molecule has 0 amide bonds. The van der Waals surface area contributed by atoms with Crippen molar-refractivity contribution in [1.82, 2.24) is 0 Å². The van der Waals surface area contributed by atoms with Gasteiger partial charge in [-0.1, -0.05) is 48.5 Å². The maximum atomic E-state index is 13.3. The molecule has 13 atom stereocenters. The lowest BCUT2D eigenvalue weighted by Gasteiger charge is -2.51. The Bertz CT molecular complexity index is 1310. The summed E-state index contributed by atoms with van der Waals surface area (Å²) in [5, 5.41) is 32.7. The van der Waals surface area contributed by atoms with Gasteiger partial charge in [0.2, 0.25) is 0 Å². The second-order valence-corrected chi connectivity index (χ2v) is 16.4. The van der Waals surface area contributed by atoms with Crippen molar-refractivity contribution in [2.75, 3.05) is 7.11 Å². The van der Waals surface area contributed by atoms with E-state index < -0.39 is 66.6 Å². The van der Waals surface area contributed by atoms with Crippen LogP contribution in [0.15, 0.2) is 11.1 Å². The topological polar surface area (TPSA) is 192 Å². The molecular weight excluding hydrogens is 688 g/mol. The molecule has 2 fully saturated rings. The van der Waals surface area contributed by atoms with E-state index in [9.17, 15) is 39.3 Å². The van der Waals surface area contributed by atoms with Crippen molar-refractivity contribution in [2.24, 2.45) is 35.5 Å². The lowest BCUT2D eigenvalue weighted by Crippen LogP contribution is -2.53. The summed E-state index contributed by atoms with van der Waals surface area (Å²) in [5.41, 5.74) is -0.404. The number of rotatable bonds is 20. The monoisotopic (exact) mass is 752 g/mol. The average molecular weight is 753 g/mol. The number of ether oxygens (including phenoxy) is 5. The van der Waals surface area contributed by atoms with Crippen molar-refractivity contribution in [3.05, 3.63) is 11.1 Å². The van der Waals surface area contributed by atoms with Crippen molar-refractivity contribution in [3.8, 4) is 0 Å². The molecule has 0 saturated carbocycles. The number of hydrogen-bond donors (Lipinski definition) is 3. The third-order valence-corrected chi connectivity index (χ3v) is 11.7. The van der Waals surface area contributed by atoms with Crippen LogP contribution in [0, 0.1) is 35.5 Å². The van der Waals surface area contributed by atoms with E-state index in [0.717, 1.165) is 44.8 Å². The van der Waals surface area contributed by atoms with Gasteiger partial charge in [0.1, 0.15) is 24.3 Å². The molecule has 13 nitrogen and oxygen atoms in total. The standard InChI is InChI=1S/C40H64O13/c1-21(2)35(50-33(46)19-30(44)34-27(8)38(47)51-39(34)48)37(49-9)31(45)18-29(43)26(7)28(42)12-11-24(5)36-25(6)15-17-40(53-36)16-14-23(4)32(52-40)13-10-22(3)20-41/h20-26,28,30-32,35-37,42,44-45H,10-19H2,1-9H3/t22-,23+,24+,25-,26-,28-,30+,31+,32-,35+,36-,37-,40+/m0/s1. The molecule has 302 valence electrons. The van der Waals surface area contributed by atoms with Gasteiger partial charge in [0, 0.05) is 43.8 Å². The fourth-order valence-electron chi connectivity index (χ4n) is 7.89. The Kier molecular flexibility index (Phi) is 16.8. The third-order valence-electron chi connectivity index (χ3n) is 11.7. The Balaban J connectivity index is 1.54. The highest BCUT2D eigenvalue weighted by atomic mass is 16.7. The fourth-order valence-corrected chi connectivity index (χ4v) is 7.89. The minimum atomic E-state index is -1.63. The summed E-state index contributed by atoms with van der Waals surface area (Å²) in [6.45, 7) is 14.8. The highest BCUT2D eigenvalue weighted by Crippen LogP contribution is 2.45. The number of aliphatic hydroxyl groups is 3. The third kappa shape index (κ3) is 11.7. The van der Waals surface area contributed by atoms with E-state index in [1.807, 2.05) is 6.92 Å². The first-order valence-electron chi connectivity index (χ1n) is 19.4. The summed E-state index contributed by atoms with van der Waals surface area (Å²) >= 11 is 0. The predicted molar refractivity (Wildman–Crippen MR) is 193 cm³/mol. The number of ketones is 1. The Labute approximate surface area is 314 Å². The number of carbonyl (C=O) groups excluding carboxylic acids is 5. The maximum absolute atomic E-state index is 13.3. The molecule has 0 aliphatic carbocycles. The number of esters is 3.